The number of rotatable bonds is 6. The molecule has 3 N–H and O–H groups in total. The number of hydrogen-bond donors (Lipinski definition) is 3. The molecule has 0 aromatic heterocycles. The van der Waals surface area contributed by atoms with Gasteiger partial charge in [-0.05, 0) is 29.8 Å². The van der Waals surface area contributed by atoms with Crippen LogP contribution in [0.4, 0.5) is 11.4 Å². The van der Waals surface area contributed by atoms with E-state index in [4.69, 9.17) is 0 Å². The molecule has 0 fully saturated rings. The fourth-order valence-corrected chi connectivity index (χ4v) is 2.07. The predicted molar refractivity (Wildman–Crippen MR) is 90.0 cm³/mol. The monoisotopic (exact) mass is 312 g/mol. The van der Waals surface area contributed by atoms with E-state index < -0.39 is 6.10 Å². The van der Waals surface area contributed by atoms with Gasteiger partial charge in [-0.1, -0.05) is 37.3 Å². The molecule has 0 aliphatic carbocycles. The summed E-state index contributed by atoms with van der Waals surface area (Å²) in [6.45, 7) is 1.78. The molecule has 0 saturated heterocycles. The van der Waals surface area contributed by atoms with E-state index in [-0.39, 0.29) is 18.2 Å². The Kier molecular flexibility index (Phi) is 5.88. The van der Waals surface area contributed by atoms with E-state index >= 15 is 0 Å². The summed E-state index contributed by atoms with van der Waals surface area (Å²) >= 11 is 0. The molecule has 1 unspecified atom stereocenters. The molecule has 0 radical (unpaired) electrons. The third-order valence-corrected chi connectivity index (χ3v) is 3.34. The molecule has 5 nitrogen and oxygen atoms in total. The van der Waals surface area contributed by atoms with Crippen LogP contribution in [0.2, 0.25) is 0 Å². The maximum atomic E-state index is 12.0. The molecule has 2 rings (SSSR count). The first-order valence-corrected chi connectivity index (χ1v) is 7.51. The van der Waals surface area contributed by atoms with Gasteiger partial charge in [-0.15, -0.1) is 0 Å². The molecular formula is C18H20N2O3. The number of aliphatic hydroxyl groups is 1. The molecule has 0 spiro atoms. The van der Waals surface area contributed by atoms with Crippen LogP contribution in [0.5, 0.6) is 0 Å². The number of anilines is 2. The molecule has 23 heavy (non-hydrogen) atoms. The highest BCUT2D eigenvalue weighted by Gasteiger charge is 2.12. The van der Waals surface area contributed by atoms with Gasteiger partial charge in [0, 0.05) is 17.8 Å². The highest BCUT2D eigenvalue weighted by atomic mass is 16.3. The lowest BCUT2D eigenvalue weighted by Crippen LogP contribution is -2.15. The molecule has 1 atom stereocenters. The average molecular weight is 312 g/mol. The highest BCUT2D eigenvalue weighted by Crippen LogP contribution is 2.18. The van der Waals surface area contributed by atoms with Crippen LogP contribution in [0.15, 0.2) is 54.6 Å². The molecule has 2 aromatic rings. The summed E-state index contributed by atoms with van der Waals surface area (Å²) < 4.78 is 0. The fourth-order valence-electron chi connectivity index (χ4n) is 2.07. The highest BCUT2D eigenvalue weighted by molar-refractivity contribution is 5.93. The van der Waals surface area contributed by atoms with Gasteiger partial charge >= 0.3 is 0 Å². The topological polar surface area (TPSA) is 78.4 Å². The van der Waals surface area contributed by atoms with Crippen molar-refractivity contribution in [1.82, 2.24) is 0 Å². The second-order valence-corrected chi connectivity index (χ2v) is 5.16. The maximum Gasteiger partial charge on any atom is 0.227 e. The molecule has 120 valence electrons. The Balaban J connectivity index is 1.89. The molecule has 0 heterocycles. The third kappa shape index (κ3) is 5.23. The molecule has 2 aromatic carbocycles. The lowest BCUT2D eigenvalue weighted by molar-refractivity contribution is -0.118. The molecule has 0 aliphatic rings. The summed E-state index contributed by atoms with van der Waals surface area (Å²) in [4.78, 5) is 23.3. The van der Waals surface area contributed by atoms with Crippen molar-refractivity contribution in [1.29, 1.82) is 0 Å². The number of benzene rings is 2. The fraction of sp³-hybridized carbons (Fsp3) is 0.222. The number of nitrogens with one attached hydrogen (secondary N) is 2. The average Bonchev–Trinajstić information content (AvgIpc) is 2.57. The summed E-state index contributed by atoms with van der Waals surface area (Å²) in [5, 5.41) is 15.5. The van der Waals surface area contributed by atoms with E-state index in [9.17, 15) is 14.7 Å². The Morgan fingerprint density at radius 3 is 1.96 bits per heavy atom. The smallest absolute Gasteiger partial charge is 0.227 e. The Morgan fingerprint density at radius 1 is 0.913 bits per heavy atom. The van der Waals surface area contributed by atoms with E-state index in [1.165, 1.54) is 0 Å². The lowest BCUT2D eigenvalue weighted by Gasteiger charge is -2.11. The van der Waals surface area contributed by atoms with Gasteiger partial charge in [0.2, 0.25) is 11.8 Å². The van der Waals surface area contributed by atoms with Gasteiger partial charge in [0.1, 0.15) is 0 Å². The van der Waals surface area contributed by atoms with Gasteiger partial charge in [0.25, 0.3) is 0 Å². The predicted octanol–water partition coefficient (Wildman–Crippen LogP) is 3.10. The summed E-state index contributed by atoms with van der Waals surface area (Å²) in [7, 11) is 0. The summed E-state index contributed by atoms with van der Waals surface area (Å²) in [6.07, 6.45) is -0.437. The van der Waals surface area contributed by atoms with Crippen LogP contribution < -0.4 is 10.6 Å². The minimum Gasteiger partial charge on any atom is -0.388 e. The zero-order valence-corrected chi connectivity index (χ0v) is 13.0. The van der Waals surface area contributed by atoms with Crippen LogP contribution in [-0.4, -0.2) is 16.9 Å². The van der Waals surface area contributed by atoms with Crippen LogP contribution in [0.25, 0.3) is 0 Å². The second-order valence-electron chi connectivity index (χ2n) is 5.16. The van der Waals surface area contributed by atoms with Gasteiger partial charge in [-0.2, -0.15) is 0 Å². The van der Waals surface area contributed by atoms with Crippen LogP contribution in [0, 0.1) is 0 Å². The number of carbonyl (C=O) groups excluding carboxylic acids is 2. The first-order valence-electron chi connectivity index (χ1n) is 7.51. The molecule has 5 heteroatoms. The van der Waals surface area contributed by atoms with Crippen molar-refractivity contribution < 1.29 is 14.7 Å². The van der Waals surface area contributed by atoms with Gasteiger partial charge < -0.3 is 15.7 Å². The van der Waals surface area contributed by atoms with Crippen molar-refractivity contribution in [2.75, 3.05) is 10.6 Å². The Hall–Kier alpha value is -2.66. The summed E-state index contributed by atoms with van der Waals surface area (Å²) in [5.41, 5.74) is 2.00. The Morgan fingerprint density at radius 2 is 1.43 bits per heavy atom. The number of carbonyl (C=O) groups is 2. The molecule has 0 bridgehead atoms. The van der Waals surface area contributed by atoms with Crippen molar-refractivity contribution in [2.45, 2.75) is 25.9 Å². The SMILES string of the molecule is CCC(=O)Nc1ccc(NC(=O)CC(O)c2ccccc2)cc1. The standard InChI is InChI=1S/C18H20N2O3/c1-2-17(22)19-14-8-10-15(11-9-14)20-18(23)12-16(21)13-6-4-3-5-7-13/h3-11,16,21H,2,12H2,1H3,(H,19,22)(H,20,23). The van der Waals surface area contributed by atoms with E-state index in [2.05, 4.69) is 10.6 Å². The van der Waals surface area contributed by atoms with Crippen molar-refractivity contribution in [2.24, 2.45) is 0 Å². The quantitative estimate of drug-likeness (QED) is 0.767. The largest absolute Gasteiger partial charge is 0.388 e. The van der Waals surface area contributed by atoms with Gasteiger partial charge in [0.15, 0.2) is 0 Å². The normalized spacial score (nSPS) is 11.6. The number of hydrogen-bond acceptors (Lipinski definition) is 3. The van der Waals surface area contributed by atoms with Crippen LogP contribution >= 0.6 is 0 Å². The van der Waals surface area contributed by atoms with Gasteiger partial charge in [-0.3, -0.25) is 9.59 Å². The van der Waals surface area contributed by atoms with Crippen LogP contribution in [-0.2, 0) is 9.59 Å². The van der Waals surface area contributed by atoms with Gasteiger partial charge in [-0.25, -0.2) is 0 Å². The summed E-state index contributed by atoms with van der Waals surface area (Å²) in [6, 6.07) is 15.9. The molecule has 2 amide bonds. The van der Waals surface area contributed by atoms with Crippen molar-refractivity contribution >= 4 is 23.2 Å². The van der Waals surface area contributed by atoms with Crippen LogP contribution in [0.1, 0.15) is 31.4 Å². The third-order valence-electron chi connectivity index (χ3n) is 3.34. The van der Waals surface area contributed by atoms with E-state index in [1.807, 2.05) is 18.2 Å². The molecule has 0 aliphatic heterocycles. The van der Waals surface area contributed by atoms with E-state index in [0.29, 0.717) is 23.4 Å². The van der Waals surface area contributed by atoms with E-state index in [1.54, 1.807) is 43.3 Å². The number of aliphatic hydroxyl groups excluding tert-OH is 1. The van der Waals surface area contributed by atoms with Crippen molar-refractivity contribution in [3.8, 4) is 0 Å². The zero-order valence-electron chi connectivity index (χ0n) is 13.0. The van der Waals surface area contributed by atoms with Crippen molar-refractivity contribution in [3.05, 3.63) is 60.2 Å². The van der Waals surface area contributed by atoms with Crippen LogP contribution in [0.3, 0.4) is 0 Å². The first-order chi connectivity index (χ1) is 11.1. The van der Waals surface area contributed by atoms with Gasteiger partial charge in [0.05, 0.1) is 12.5 Å². The minimum absolute atomic E-state index is 0.0155. The molecule has 0 saturated carbocycles. The molecular weight excluding hydrogens is 292 g/mol. The van der Waals surface area contributed by atoms with Crippen molar-refractivity contribution in [3.63, 3.8) is 0 Å². The minimum atomic E-state index is -0.834. The van der Waals surface area contributed by atoms with E-state index in [0.717, 1.165) is 0 Å². The Bertz CT molecular complexity index is 654. The Labute approximate surface area is 135 Å². The number of amides is 2. The zero-order chi connectivity index (χ0) is 16.7. The maximum absolute atomic E-state index is 12.0. The lowest BCUT2D eigenvalue weighted by atomic mass is 10.1. The summed E-state index contributed by atoms with van der Waals surface area (Å²) in [5.74, 6) is -0.334. The second kappa shape index (κ2) is 8.10. The first kappa shape index (κ1) is 16.7.